The van der Waals surface area contributed by atoms with Gasteiger partial charge >= 0.3 is 0 Å². The Bertz CT molecular complexity index is 431. The van der Waals surface area contributed by atoms with E-state index in [1.54, 1.807) is 0 Å². The van der Waals surface area contributed by atoms with Crippen molar-refractivity contribution < 1.29 is 0 Å². The van der Waals surface area contributed by atoms with Crippen LogP contribution in [-0.4, -0.2) is 37.6 Å². The molecule has 1 heterocycles. The van der Waals surface area contributed by atoms with E-state index in [0.717, 1.165) is 37.2 Å². The Morgan fingerprint density at radius 2 is 2.00 bits per heavy atom. The molecule has 0 spiro atoms. The standard InChI is InChI=1S/C13H16BrN3/c1-2-16-5-7-17(8-6-16)13-4-3-11(10-15)9-12(13)14/h3-4,9H,2,5-8H2,1H3. The molecule has 2 rings (SSSR count). The fourth-order valence-corrected chi connectivity index (χ4v) is 2.77. The Hall–Kier alpha value is -1.05. The molecule has 0 amide bonds. The lowest BCUT2D eigenvalue weighted by Gasteiger charge is -2.36. The van der Waals surface area contributed by atoms with Gasteiger partial charge in [-0.3, -0.25) is 0 Å². The number of likely N-dealkylation sites (N-methyl/N-ethyl adjacent to an activating group) is 1. The summed E-state index contributed by atoms with van der Waals surface area (Å²) in [6.07, 6.45) is 0. The predicted octanol–water partition coefficient (Wildman–Crippen LogP) is 2.46. The van der Waals surface area contributed by atoms with Gasteiger partial charge in [0.1, 0.15) is 0 Å². The molecule has 0 aromatic heterocycles. The van der Waals surface area contributed by atoms with Gasteiger partial charge < -0.3 is 9.80 Å². The molecule has 0 aliphatic carbocycles. The van der Waals surface area contributed by atoms with E-state index >= 15 is 0 Å². The van der Waals surface area contributed by atoms with E-state index in [2.05, 4.69) is 38.7 Å². The second-order valence-corrected chi connectivity index (χ2v) is 5.05. The lowest BCUT2D eigenvalue weighted by molar-refractivity contribution is 0.271. The molecule has 0 bridgehead atoms. The summed E-state index contributed by atoms with van der Waals surface area (Å²) in [6, 6.07) is 7.96. The molecule has 0 unspecified atom stereocenters. The van der Waals surface area contributed by atoms with Crippen molar-refractivity contribution in [2.45, 2.75) is 6.92 Å². The zero-order valence-corrected chi connectivity index (χ0v) is 11.6. The Labute approximate surface area is 111 Å². The molecule has 0 saturated carbocycles. The number of halogens is 1. The quantitative estimate of drug-likeness (QED) is 0.839. The SMILES string of the molecule is CCN1CCN(c2ccc(C#N)cc2Br)CC1. The van der Waals surface area contributed by atoms with Gasteiger partial charge in [-0.1, -0.05) is 6.92 Å². The summed E-state index contributed by atoms with van der Waals surface area (Å²) in [7, 11) is 0. The molecule has 1 aliphatic rings. The minimum absolute atomic E-state index is 0.702. The fraction of sp³-hybridized carbons (Fsp3) is 0.462. The van der Waals surface area contributed by atoms with E-state index in [9.17, 15) is 0 Å². The van der Waals surface area contributed by atoms with Crippen molar-refractivity contribution >= 4 is 21.6 Å². The van der Waals surface area contributed by atoms with Gasteiger partial charge in [0.25, 0.3) is 0 Å². The van der Waals surface area contributed by atoms with Gasteiger partial charge in [0.15, 0.2) is 0 Å². The van der Waals surface area contributed by atoms with Crippen molar-refractivity contribution in [3.8, 4) is 6.07 Å². The summed E-state index contributed by atoms with van der Waals surface area (Å²) in [4.78, 5) is 4.82. The van der Waals surface area contributed by atoms with Crippen LogP contribution in [0.1, 0.15) is 12.5 Å². The fourth-order valence-electron chi connectivity index (χ4n) is 2.14. The average molecular weight is 294 g/mol. The molecule has 0 atom stereocenters. The third-order valence-electron chi connectivity index (χ3n) is 3.24. The Morgan fingerprint density at radius 3 is 2.53 bits per heavy atom. The molecule has 0 radical (unpaired) electrons. The molecule has 0 N–H and O–H groups in total. The molecule has 1 aromatic carbocycles. The van der Waals surface area contributed by atoms with Crippen LogP contribution < -0.4 is 4.90 Å². The largest absolute Gasteiger partial charge is 0.368 e. The highest BCUT2D eigenvalue weighted by molar-refractivity contribution is 9.10. The molecule has 1 aromatic rings. The lowest BCUT2D eigenvalue weighted by atomic mass is 10.2. The summed E-state index contributed by atoms with van der Waals surface area (Å²) in [5.41, 5.74) is 1.90. The maximum atomic E-state index is 8.84. The first-order valence-corrected chi connectivity index (χ1v) is 6.71. The second kappa shape index (κ2) is 5.52. The van der Waals surface area contributed by atoms with Crippen LogP contribution in [0.3, 0.4) is 0 Å². The molecule has 90 valence electrons. The number of anilines is 1. The second-order valence-electron chi connectivity index (χ2n) is 4.20. The van der Waals surface area contributed by atoms with E-state index < -0.39 is 0 Å². The van der Waals surface area contributed by atoms with Crippen molar-refractivity contribution in [3.05, 3.63) is 28.2 Å². The first-order chi connectivity index (χ1) is 8.24. The molecular weight excluding hydrogens is 278 g/mol. The lowest BCUT2D eigenvalue weighted by Crippen LogP contribution is -2.46. The minimum atomic E-state index is 0.702. The van der Waals surface area contributed by atoms with Crippen molar-refractivity contribution in [1.82, 2.24) is 4.90 Å². The van der Waals surface area contributed by atoms with E-state index in [4.69, 9.17) is 5.26 Å². The average Bonchev–Trinajstić information content (AvgIpc) is 2.39. The van der Waals surface area contributed by atoms with Crippen LogP contribution in [-0.2, 0) is 0 Å². The molecule has 1 aliphatic heterocycles. The summed E-state index contributed by atoms with van der Waals surface area (Å²) in [6.45, 7) is 7.66. The van der Waals surface area contributed by atoms with Gasteiger partial charge in [0.05, 0.1) is 17.3 Å². The molecular formula is C13H16BrN3. The number of nitriles is 1. The third-order valence-corrected chi connectivity index (χ3v) is 3.87. The molecule has 1 saturated heterocycles. The van der Waals surface area contributed by atoms with Gasteiger partial charge in [0.2, 0.25) is 0 Å². The molecule has 3 nitrogen and oxygen atoms in total. The zero-order valence-electron chi connectivity index (χ0n) is 9.99. The van der Waals surface area contributed by atoms with Gasteiger partial charge in [-0.15, -0.1) is 0 Å². The van der Waals surface area contributed by atoms with Crippen LogP contribution in [0.4, 0.5) is 5.69 Å². The Kier molecular flexibility index (Phi) is 4.03. The van der Waals surface area contributed by atoms with E-state index in [1.165, 1.54) is 5.69 Å². The van der Waals surface area contributed by atoms with Crippen LogP contribution in [0.25, 0.3) is 0 Å². The Morgan fingerprint density at radius 1 is 1.29 bits per heavy atom. The van der Waals surface area contributed by atoms with Crippen LogP contribution in [0.5, 0.6) is 0 Å². The van der Waals surface area contributed by atoms with Crippen LogP contribution in [0, 0.1) is 11.3 Å². The van der Waals surface area contributed by atoms with Crippen molar-refractivity contribution in [3.63, 3.8) is 0 Å². The summed E-state index contributed by atoms with van der Waals surface area (Å²) < 4.78 is 1.02. The maximum absolute atomic E-state index is 8.84. The highest BCUT2D eigenvalue weighted by Crippen LogP contribution is 2.28. The number of benzene rings is 1. The number of hydrogen-bond acceptors (Lipinski definition) is 3. The first kappa shape index (κ1) is 12.4. The van der Waals surface area contributed by atoms with Crippen molar-refractivity contribution in [2.75, 3.05) is 37.6 Å². The van der Waals surface area contributed by atoms with Gasteiger partial charge in [-0.25, -0.2) is 0 Å². The maximum Gasteiger partial charge on any atom is 0.0992 e. The number of piperazine rings is 1. The normalized spacial score (nSPS) is 16.9. The van der Waals surface area contributed by atoms with E-state index in [0.29, 0.717) is 5.56 Å². The van der Waals surface area contributed by atoms with Gasteiger partial charge in [-0.05, 0) is 40.7 Å². The van der Waals surface area contributed by atoms with Gasteiger partial charge in [0, 0.05) is 30.7 Å². The van der Waals surface area contributed by atoms with E-state index in [1.807, 2.05) is 18.2 Å². The number of hydrogen-bond donors (Lipinski definition) is 0. The topological polar surface area (TPSA) is 30.3 Å². The number of rotatable bonds is 2. The van der Waals surface area contributed by atoms with Gasteiger partial charge in [-0.2, -0.15) is 5.26 Å². The van der Waals surface area contributed by atoms with Crippen LogP contribution in [0.15, 0.2) is 22.7 Å². The van der Waals surface area contributed by atoms with E-state index in [-0.39, 0.29) is 0 Å². The molecule has 4 heteroatoms. The summed E-state index contributed by atoms with van der Waals surface area (Å²) in [5.74, 6) is 0. The number of nitrogens with zero attached hydrogens (tertiary/aromatic N) is 3. The molecule has 1 fully saturated rings. The zero-order chi connectivity index (χ0) is 12.3. The Balaban J connectivity index is 2.11. The predicted molar refractivity (Wildman–Crippen MR) is 73.2 cm³/mol. The smallest absolute Gasteiger partial charge is 0.0992 e. The third kappa shape index (κ3) is 2.80. The molecule has 17 heavy (non-hydrogen) atoms. The first-order valence-electron chi connectivity index (χ1n) is 5.91. The van der Waals surface area contributed by atoms with Crippen LogP contribution >= 0.6 is 15.9 Å². The highest BCUT2D eigenvalue weighted by atomic mass is 79.9. The van der Waals surface area contributed by atoms with Crippen LogP contribution in [0.2, 0.25) is 0 Å². The summed E-state index contributed by atoms with van der Waals surface area (Å²) >= 11 is 3.55. The minimum Gasteiger partial charge on any atom is -0.368 e. The highest BCUT2D eigenvalue weighted by Gasteiger charge is 2.17. The summed E-state index contributed by atoms with van der Waals surface area (Å²) in [5, 5.41) is 8.84. The van der Waals surface area contributed by atoms with Crippen molar-refractivity contribution in [2.24, 2.45) is 0 Å². The monoisotopic (exact) mass is 293 g/mol. The van der Waals surface area contributed by atoms with Crippen molar-refractivity contribution in [1.29, 1.82) is 5.26 Å².